The molecule has 2 heterocycles. The number of ether oxygens (including phenoxy) is 1. The lowest BCUT2D eigenvalue weighted by Crippen LogP contribution is -2.47. The van der Waals surface area contributed by atoms with Crippen LogP contribution in [0.3, 0.4) is 0 Å². The molecule has 1 aromatic rings. The number of aryl methyl sites for hydroxylation is 1. The molecule has 0 saturated carbocycles. The van der Waals surface area contributed by atoms with E-state index in [4.69, 9.17) is 4.74 Å². The Hall–Kier alpha value is -1.75. The van der Waals surface area contributed by atoms with Crippen molar-refractivity contribution < 1.29 is 9.53 Å². The Morgan fingerprint density at radius 1 is 1.24 bits per heavy atom. The fourth-order valence-electron chi connectivity index (χ4n) is 3.05. The highest BCUT2D eigenvalue weighted by Crippen LogP contribution is 2.21. The molecule has 0 radical (unpaired) electrons. The van der Waals surface area contributed by atoms with Gasteiger partial charge in [0.2, 0.25) is 0 Å². The Morgan fingerprint density at radius 3 is 2.67 bits per heavy atom. The van der Waals surface area contributed by atoms with Crippen molar-refractivity contribution in [1.29, 1.82) is 0 Å². The van der Waals surface area contributed by atoms with E-state index in [1.165, 1.54) is 11.3 Å². The number of hydrogen-bond donors (Lipinski definition) is 1. The van der Waals surface area contributed by atoms with Gasteiger partial charge < -0.3 is 15.0 Å². The molecule has 0 spiro atoms. The van der Waals surface area contributed by atoms with Crippen LogP contribution in [-0.2, 0) is 4.74 Å². The summed E-state index contributed by atoms with van der Waals surface area (Å²) in [5.74, 6) is 0. The molecule has 1 unspecified atom stereocenters. The van der Waals surface area contributed by atoms with E-state index in [1.807, 2.05) is 0 Å². The van der Waals surface area contributed by atoms with Gasteiger partial charge in [-0.1, -0.05) is 18.2 Å². The molecular formula is C16H23N3O2. The van der Waals surface area contributed by atoms with Crippen LogP contribution >= 0.6 is 0 Å². The van der Waals surface area contributed by atoms with E-state index in [0.717, 1.165) is 39.1 Å². The van der Waals surface area contributed by atoms with E-state index in [9.17, 15) is 4.79 Å². The molecule has 21 heavy (non-hydrogen) atoms. The summed E-state index contributed by atoms with van der Waals surface area (Å²) in [6.45, 7) is 8.10. The van der Waals surface area contributed by atoms with E-state index < -0.39 is 0 Å². The summed E-state index contributed by atoms with van der Waals surface area (Å²) in [5.41, 5.74) is 2.70. The summed E-state index contributed by atoms with van der Waals surface area (Å²) in [5, 5.41) is 2.70. The van der Waals surface area contributed by atoms with Crippen molar-refractivity contribution in [3.63, 3.8) is 0 Å². The number of cyclic esters (lactones) is 1. The largest absolute Gasteiger partial charge is 0.444 e. The van der Waals surface area contributed by atoms with Crippen molar-refractivity contribution >= 4 is 11.8 Å². The molecule has 1 N–H and O–H groups in total. The van der Waals surface area contributed by atoms with Crippen molar-refractivity contribution in [2.24, 2.45) is 0 Å². The van der Waals surface area contributed by atoms with E-state index in [1.54, 1.807) is 0 Å². The van der Waals surface area contributed by atoms with Crippen LogP contribution < -0.4 is 10.2 Å². The van der Waals surface area contributed by atoms with Gasteiger partial charge in [0.25, 0.3) is 0 Å². The van der Waals surface area contributed by atoms with Crippen LogP contribution in [0.5, 0.6) is 0 Å². The molecule has 2 aliphatic heterocycles. The summed E-state index contributed by atoms with van der Waals surface area (Å²) in [7, 11) is 0. The van der Waals surface area contributed by atoms with Crippen molar-refractivity contribution in [1.82, 2.24) is 10.2 Å². The number of carbonyl (C=O) groups is 1. The number of benzene rings is 1. The van der Waals surface area contributed by atoms with Gasteiger partial charge >= 0.3 is 6.09 Å². The molecule has 1 amide bonds. The molecule has 0 bridgehead atoms. The van der Waals surface area contributed by atoms with Gasteiger partial charge in [-0.25, -0.2) is 4.79 Å². The average molecular weight is 289 g/mol. The van der Waals surface area contributed by atoms with Crippen LogP contribution in [0.1, 0.15) is 12.0 Å². The van der Waals surface area contributed by atoms with Gasteiger partial charge in [-0.2, -0.15) is 0 Å². The number of amides is 1. The molecule has 2 fully saturated rings. The van der Waals surface area contributed by atoms with Gasteiger partial charge in [0.1, 0.15) is 6.10 Å². The number of nitrogens with zero attached hydrogens (tertiary/aromatic N) is 2. The predicted molar refractivity (Wildman–Crippen MR) is 82.7 cm³/mol. The summed E-state index contributed by atoms with van der Waals surface area (Å²) in [4.78, 5) is 15.9. The third-order valence-electron chi connectivity index (χ3n) is 4.34. The van der Waals surface area contributed by atoms with Gasteiger partial charge in [0.15, 0.2) is 0 Å². The Kier molecular flexibility index (Phi) is 4.29. The number of nitrogens with one attached hydrogen (secondary N) is 1. The SMILES string of the molecule is Cc1ccccc1N1CCN(CCC2CNC(=O)O2)CC1. The van der Waals surface area contributed by atoms with E-state index >= 15 is 0 Å². The van der Waals surface area contributed by atoms with Crippen LogP contribution in [0.4, 0.5) is 10.5 Å². The first kappa shape index (κ1) is 14.2. The first-order valence-electron chi connectivity index (χ1n) is 7.70. The third kappa shape index (κ3) is 3.47. The number of para-hydroxylation sites is 1. The highest BCUT2D eigenvalue weighted by Gasteiger charge is 2.24. The lowest BCUT2D eigenvalue weighted by molar-refractivity contribution is 0.124. The summed E-state index contributed by atoms with van der Waals surface area (Å²) in [6.07, 6.45) is 0.694. The number of piperazine rings is 1. The summed E-state index contributed by atoms with van der Waals surface area (Å²) >= 11 is 0. The maximum atomic E-state index is 11.0. The minimum atomic E-state index is -0.274. The molecule has 0 aliphatic carbocycles. The van der Waals surface area contributed by atoms with Crippen LogP contribution in [0.2, 0.25) is 0 Å². The van der Waals surface area contributed by atoms with E-state index in [2.05, 4.69) is 46.3 Å². The molecule has 5 heteroatoms. The highest BCUT2D eigenvalue weighted by atomic mass is 16.6. The fraction of sp³-hybridized carbons (Fsp3) is 0.562. The number of hydrogen-bond acceptors (Lipinski definition) is 4. The Balaban J connectivity index is 1.45. The maximum Gasteiger partial charge on any atom is 0.407 e. The topological polar surface area (TPSA) is 44.8 Å². The second-order valence-electron chi connectivity index (χ2n) is 5.81. The minimum Gasteiger partial charge on any atom is -0.444 e. The Bertz CT molecular complexity index is 498. The number of anilines is 1. The molecule has 2 aliphatic rings. The zero-order chi connectivity index (χ0) is 14.7. The molecule has 3 rings (SSSR count). The smallest absolute Gasteiger partial charge is 0.407 e. The molecule has 2 saturated heterocycles. The fourth-order valence-corrected chi connectivity index (χ4v) is 3.05. The quantitative estimate of drug-likeness (QED) is 0.915. The van der Waals surface area contributed by atoms with Gasteiger partial charge in [-0.3, -0.25) is 4.90 Å². The zero-order valence-electron chi connectivity index (χ0n) is 12.5. The summed E-state index contributed by atoms with van der Waals surface area (Å²) in [6, 6.07) is 8.57. The monoisotopic (exact) mass is 289 g/mol. The van der Waals surface area contributed by atoms with Crippen LogP contribution in [0.25, 0.3) is 0 Å². The molecule has 114 valence electrons. The Labute approximate surface area is 125 Å². The van der Waals surface area contributed by atoms with Crippen molar-refractivity contribution in [3.8, 4) is 0 Å². The first-order chi connectivity index (χ1) is 10.2. The molecule has 0 aromatic heterocycles. The summed E-state index contributed by atoms with van der Waals surface area (Å²) < 4.78 is 5.17. The van der Waals surface area contributed by atoms with Crippen molar-refractivity contribution in [2.45, 2.75) is 19.4 Å². The van der Waals surface area contributed by atoms with Crippen molar-refractivity contribution in [3.05, 3.63) is 29.8 Å². The first-order valence-corrected chi connectivity index (χ1v) is 7.70. The van der Waals surface area contributed by atoms with Gasteiger partial charge in [0, 0.05) is 38.4 Å². The molecule has 1 aromatic carbocycles. The highest BCUT2D eigenvalue weighted by molar-refractivity contribution is 5.69. The van der Waals surface area contributed by atoms with Crippen molar-refractivity contribution in [2.75, 3.05) is 44.2 Å². The molecule has 1 atom stereocenters. The van der Waals surface area contributed by atoms with Crippen LogP contribution in [0.15, 0.2) is 24.3 Å². The van der Waals surface area contributed by atoms with Crippen LogP contribution in [0, 0.1) is 6.92 Å². The van der Waals surface area contributed by atoms with Crippen LogP contribution in [-0.4, -0.2) is 56.4 Å². The number of carbonyl (C=O) groups excluding carboxylic acids is 1. The minimum absolute atomic E-state index is 0.0481. The second kappa shape index (κ2) is 6.35. The number of rotatable bonds is 4. The Morgan fingerprint density at radius 2 is 2.00 bits per heavy atom. The number of alkyl carbamates (subject to hydrolysis) is 1. The standard InChI is InChI=1S/C16H23N3O2/c1-13-4-2-3-5-15(13)19-10-8-18(9-11-19)7-6-14-12-17-16(20)21-14/h2-5,14H,6-12H2,1H3,(H,17,20). The van der Waals surface area contributed by atoms with E-state index in [-0.39, 0.29) is 12.2 Å². The normalized spacial score (nSPS) is 23.0. The van der Waals surface area contributed by atoms with Gasteiger partial charge in [0.05, 0.1) is 6.54 Å². The lowest BCUT2D eigenvalue weighted by atomic mass is 10.1. The predicted octanol–water partition coefficient (Wildman–Crippen LogP) is 1.62. The zero-order valence-corrected chi connectivity index (χ0v) is 12.5. The lowest BCUT2D eigenvalue weighted by Gasteiger charge is -2.37. The van der Waals surface area contributed by atoms with E-state index in [0.29, 0.717) is 6.54 Å². The van der Waals surface area contributed by atoms with Gasteiger partial charge in [-0.15, -0.1) is 0 Å². The maximum absolute atomic E-state index is 11.0. The average Bonchev–Trinajstić information content (AvgIpc) is 2.92. The molecular weight excluding hydrogens is 266 g/mol. The third-order valence-corrected chi connectivity index (χ3v) is 4.34. The van der Waals surface area contributed by atoms with Gasteiger partial charge in [-0.05, 0) is 25.0 Å². The second-order valence-corrected chi connectivity index (χ2v) is 5.81. The molecule has 5 nitrogen and oxygen atoms in total.